The van der Waals surface area contributed by atoms with Crippen LogP contribution < -0.4 is 5.32 Å². The number of rotatable bonds is 2. The molecule has 5 heteroatoms. The lowest BCUT2D eigenvalue weighted by molar-refractivity contribution is 0.0855. The molecule has 1 aliphatic rings. The molecule has 0 unspecified atom stereocenters. The maximum absolute atomic E-state index is 13.2. The molecule has 0 radical (unpaired) electrons. The molecule has 0 aliphatic heterocycles. The van der Waals surface area contributed by atoms with Gasteiger partial charge in [-0.15, -0.1) is 0 Å². The van der Waals surface area contributed by atoms with Gasteiger partial charge in [0.25, 0.3) is 5.91 Å². The fourth-order valence-corrected chi connectivity index (χ4v) is 2.66. The molecule has 1 aliphatic carbocycles. The molecule has 1 amide bonds. The highest BCUT2D eigenvalue weighted by atomic mass is 19.1. The van der Waals surface area contributed by atoms with Crippen LogP contribution in [0.3, 0.4) is 0 Å². The number of hydrogen-bond donors (Lipinski definition) is 3. The number of phenols is 1. The van der Waals surface area contributed by atoms with Gasteiger partial charge in [0.15, 0.2) is 0 Å². The first-order valence-corrected chi connectivity index (χ1v) is 6.61. The van der Waals surface area contributed by atoms with Gasteiger partial charge in [-0.25, -0.2) is 4.39 Å². The zero-order valence-electron chi connectivity index (χ0n) is 11.1. The van der Waals surface area contributed by atoms with Crippen LogP contribution in [0, 0.1) is 5.82 Å². The second kappa shape index (κ2) is 5.18. The van der Waals surface area contributed by atoms with E-state index in [0.29, 0.717) is 6.42 Å². The number of amides is 1. The minimum Gasteiger partial charge on any atom is -0.507 e. The molecule has 0 saturated heterocycles. The molecular formula is C16H14FNO3. The largest absolute Gasteiger partial charge is 0.507 e. The number of nitrogens with one attached hydrogen (secondary N) is 1. The van der Waals surface area contributed by atoms with E-state index in [0.717, 1.165) is 29.3 Å². The van der Waals surface area contributed by atoms with E-state index >= 15 is 0 Å². The molecule has 0 aromatic heterocycles. The van der Waals surface area contributed by atoms with Crippen molar-refractivity contribution in [2.45, 2.75) is 18.6 Å². The van der Waals surface area contributed by atoms with Gasteiger partial charge in [0.05, 0.1) is 17.7 Å². The predicted octanol–water partition coefficient (Wildman–Crippen LogP) is 1.92. The Kier molecular flexibility index (Phi) is 3.35. The van der Waals surface area contributed by atoms with Crippen LogP contribution in [0.1, 0.15) is 27.5 Å². The van der Waals surface area contributed by atoms with Crippen molar-refractivity contribution in [2.24, 2.45) is 0 Å². The summed E-state index contributed by atoms with van der Waals surface area (Å²) in [6.07, 6.45) is -0.280. The Morgan fingerprint density at radius 2 is 2.00 bits per heavy atom. The van der Waals surface area contributed by atoms with E-state index in [2.05, 4.69) is 5.32 Å². The first kappa shape index (κ1) is 13.6. The minimum absolute atomic E-state index is 0.147. The molecular weight excluding hydrogens is 273 g/mol. The molecule has 0 bridgehead atoms. The number of carbonyl (C=O) groups is 1. The molecule has 0 spiro atoms. The zero-order chi connectivity index (χ0) is 15.0. The van der Waals surface area contributed by atoms with E-state index < -0.39 is 23.9 Å². The molecule has 21 heavy (non-hydrogen) atoms. The first-order chi connectivity index (χ1) is 10.1. The molecule has 0 saturated carbocycles. The van der Waals surface area contributed by atoms with Crippen LogP contribution in [-0.4, -0.2) is 22.2 Å². The van der Waals surface area contributed by atoms with Crippen molar-refractivity contribution >= 4 is 5.91 Å². The second-order valence-electron chi connectivity index (χ2n) is 5.08. The van der Waals surface area contributed by atoms with Crippen LogP contribution in [0.4, 0.5) is 4.39 Å². The Labute approximate surface area is 120 Å². The number of phenolic OH excluding ortho intramolecular Hbond substituents is 1. The first-order valence-electron chi connectivity index (χ1n) is 6.61. The van der Waals surface area contributed by atoms with Crippen LogP contribution in [0.15, 0.2) is 42.5 Å². The van der Waals surface area contributed by atoms with Crippen LogP contribution in [0.5, 0.6) is 5.75 Å². The van der Waals surface area contributed by atoms with Gasteiger partial charge in [-0.2, -0.15) is 0 Å². The third kappa shape index (κ3) is 2.48. The van der Waals surface area contributed by atoms with E-state index in [1.807, 2.05) is 24.3 Å². The van der Waals surface area contributed by atoms with Gasteiger partial charge in [0, 0.05) is 6.42 Å². The zero-order valence-corrected chi connectivity index (χ0v) is 11.1. The molecule has 3 rings (SSSR count). The molecule has 2 aromatic rings. The average Bonchev–Trinajstić information content (AvgIpc) is 2.78. The number of aliphatic hydroxyl groups excluding tert-OH is 1. The van der Waals surface area contributed by atoms with Crippen molar-refractivity contribution in [3.63, 3.8) is 0 Å². The minimum atomic E-state index is -0.734. The van der Waals surface area contributed by atoms with Crippen molar-refractivity contribution in [1.29, 1.82) is 0 Å². The van der Waals surface area contributed by atoms with E-state index in [1.54, 1.807) is 0 Å². The van der Waals surface area contributed by atoms with Gasteiger partial charge in [-0.1, -0.05) is 24.3 Å². The Morgan fingerprint density at radius 1 is 1.24 bits per heavy atom. The summed E-state index contributed by atoms with van der Waals surface area (Å²) in [5.41, 5.74) is 1.67. The summed E-state index contributed by atoms with van der Waals surface area (Å²) in [5.74, 6) is -1.52. The molecule has 2 atom stereocenters. The van der Waals surface area contributed by atoms with E-state index in [-0.39, 0.29) is 11.3 Å². The Bertz CT molecular complexity index is 702. The van der Waals surface area contributed by atoms with Crippen molar-refractivity contribution in [2.75, 3.05) is 0 Å². The van der Waals surface area contributed by atoms with Gasteiger partial charge in [0.2, 0.25) is 0 Å². The fourth-order valence-electron chi connectivity index (χ4n) is 2.66. The normalized spacial score (nSPS) is 20.1. The van der Waals surface area contributed by atoms with E-state index in [4.69, 9.17) is 0 Å². The lowest BCUT2D eigenvalue weighted by atomic mass is 10.1. The highest BCUT2D eigenvalue weighted by Gasteiger charge is 2.32. The molecule has 4 nitrogen and oxygen atoms in total. The lowest BCUT2D eigenvalue weighted by Crippen LogP contribution is -2.33. The highest BCUT2D eigenvalue weighted by Crippen LogP contribution is 2.31. The summed E-state index contributed by atoms with van der Waals surface area (Å²) in [6, 6.07) is 10.0. The van der Waals surface area contributed by atoms with Gasteiger partial charge in [-0.05, 0) is 29.3 Å². The number of aromatic hydroxyl groups is 1. The van der Waals surface area contributed by atoms with Crippen molar-refractivity contribution in [1.82, 2.24) is 5.32 Å². The summed E-state index contributed by atoms with van der Waals surface area (Å²) < 4.78 is 13.2. The van der Waals surface area contributed by atoms with Gasteiger partial charge >= 0.3 is 0 Å². The summed E-state index contributed by atoms with van der Waals surface area (Å²) >= 11 is 0. The standard InChI is InChI=1S/C16H14FNO3/c17-10-5-6-13(19)12(8-10)16(21)18-15-11-4-2-1-3-9(11)7-14(15)20/h1-6,8,14-15,19-20H,7H2,(H,18,21)/t14-,15+/m1/s1. The molecule has 2 aromatic carbocycles. The van der Waals surface area contributed by atoms with Crippen molar-refractivity contribution in [3.8, 4) is 5.75 Å². The number of benzene rings is 2. The molecule has 0 heterocycles. The SMILES string of the molecule is O=C(N[C@H]1c2ccccc2C[C@H]1O)c1cc(F)ccc1O. The molecule has 108 valence electrons. The second-order valence-corrected chi connectivity index (χ2v) is 5.08. The number of hydrogen-bond acceptors (Lipinski definition) is 3. The van der Waals surface area contributed by atoms with E-state index in [9.17, 15) is 19.4 Å². The number of halogens is 1. The van der Waals surface area contributed by atoms with Gasteiger partial charge in [-0.3, -0.25) is 4.79 Å². The van der Waals surface area contributed by atoms with Crippen molar-refractivity contribution in [3.05, 3.63) is 65.0 Å². The third-order valence-corrected chi connectivity index (χ3v) is 3.69. The topological polar surface area (TPSA) is 69.6 Å². The Hall–Kier alpha value is -2.40. The van der Waals surface area contributed by atoms with Crippen LogP contribution >= 0.6 is 0 Å². The van der Waals surface area contributed by atoms with Crippen LogP contribution in [0.25, 0.3) is 0 Å². The van der Waals surface area contributed by atoms with Crippen LogP contribution in [-0.2, 0) is 6.42 Å². The summed E-state index contributed by atoms with van der Waals surface area (Å²) in [5, 5.41) is 22.4. The molecule has 3 N–H and O–H groups in total. The van der Waals surface area contributed by atoms with E-state index in [1.165, 1.54) is 0 Å². The maximum Gasteiger partial charge on any atom is 0.255 e. The quantitative estimate of drug-likeness (QED) is 0.790. The van der Waals surface area contributed by atoms with Crippen LogP contribution in [0.2, 0.25) is 0 Å². The Balaban J connectivity index is 1.87. The lowest BCUT2D eigenvalue weighted by Gasteiger charge is -2.18. The monoisotopic (exact) mass is 287 g/mol. The smallest absolute Gasteiger partial charge is 0.255 e. The van der Waals surface area contributed by atoms with Gasteiger partial charge in [0.1, 0.15) is 11.6 Å². The Morgan fingerprint density at radius 3 is 2.81 bits per heavy atom. The average molecular weight is 287 g/mol. The summed E-state index contributed by atoms with van der Waals surface area (Å²) in [6.45, 7) is 0. The number of aliphatic hydroxyl groups is 1. The summed E-state index contributed by atoms with van der Waals surface area (Å²) in [4.78, 5) is 12.2. The fraction of sp³-hybridized carbons (Fsp3) is 0.188. The number of carbonyl (C=O) groups excluding carboxylic acids is 1. The summed E-state index contributed by atoms with van der Waals surface area (Å²) in [7, 11) is 0. The molecule has 0 fully saturated rings. The maximum atomic E-state index is 13.2. The van der Waals surface area contributed by atoms with Gasteiger partial charge < -0.3 is 15.5 Å². The highest BCUT2D eigenvalue weighted by molar-refractivity contribution is 5.97. The van der Waals surface area contributed by atoms with Crippen molar-refractivity contribution < 1.29 is 19.4 Å². The third-order valence-electron chi connectivity index (χ3n) is 3.69. The predicted molar refractivity (Wildman–Crippen MR) is 74.4 cm³/mol. The number of fused-ring (bicyclic) bond motifs is 1.